The Morgan fingerprint density at radius 3 is 2.45 bits per heavy atom. The van der Waals surface area contributed by atoms with Gasteiger partial charge in [0.2, 0.25) is 0 Å². The summed E-state index contributed by atoms with van der Waals surface area (Å²) in [7, 11) is 0. The van der Waals surface area contributed by atoms with E-state index in [9.17, 15) is 10.1 Å². The van der Waals surface area contributed by atoms with Crippen molar-refractivity contribution in [1.29, 1.82) is 5.26 Å². The fourth-order valence-electron chi connectivity index (χ4n) is 3.44. The van der Waals surface area contributed by atoms with Crippen LogP contribution in [0.4, 0.5) is 17.1 Å². The zero-order chi connectivity index (χ0) is 20.1. The van der Waals surface area contributed by atoms with E-state index < -0.39 is 0 Å². The summed E-state index contributed by atoms with van der Waals surface area (Å²) in [6.07, 6.45) is 1.62. The SMILES string of the molecule is N#Cc1ccccc1Nc1ccnc(C(=O)N2CCN(c3ccccc3)CC2)c1. The van der Waals surface area contributed by atoms with Gasteiger partial charge in [0.1, 0.15) is 11.8 Å². The van der Waals surface area contributed by atoms with Gasteiger partial charge in [-0.1, -0.05) is 30.3 Å². The highest BCUT2D eigenvalue weighted by Crippen LogP contribution is 2.21. The standard InChI is InChI=1S/C23H21N5O/c24-17-18-6-4-5-9-21(18)26-19-10-11-25-22(16-19)23(29)28-14-12-27(13-15-28)20-7-2-1-3-8-20/h1-11,16H,12-15H2,(H,25,26). The minimum absolute atomic E-state index is 0.0741. The van der Waals surface area contributed by atoms with Crippen LogP contribution in [0.2, 0.25) is 0 Å². The highest BCUT2D eigenvalue weighted by molar-refractivity contribution is 5.93. The molecular formula is C23H21N5O. The summed E-state index contributed by atoms with van der Waals surface area (Å²) in [5.41, 5.74) is 3.57. The van der Waals surface area contributed by atoms with Crippen LogP contribution in [-0.2, 0) is 0 Å². The molecule has 1 fully saturated rings. The zero-order valence-corrected chi connectivity index (χ0v) is 16.0. The van der Waals surface area contributed by atoms with Crippen LogP contribution in [-0.4, -0.2) is 42.0 Å². The molecule has 2 aromatic carbocycles. The number of carbonyl (C=O) groups excluding carboxylic acids is 1. The molecule has 0 bridgehead atoms. The number of anilines is 3. The Balaban J connectivity index is 1.43. The summed E-state index contributed by atoms with van der Waals surface area (Å²) in [5, 5.41) is 12.5. The second kappa shape index (κ2) is 8.44. The van der Waals surface area contributed by atoms with Crippen LogP contribution in [0, 0.1) is 11.3 Å². The maximum Gasteiger partial charge on any atom is 0.272 e. The maximum atomic E-state index is 12.9. The highest BCUT2D eigenvalue weighted by Gasteiger charge is 2.23. The second-order valence-corrected chi connectivity index (χ2v) is 6.83. The highest BCUT2D eigenvalue weighted by atomic mass is 16.2. The summed E-state index contributed by atoms with van der Waals surface area (Å²) in [5.74, 6) is -0.0741. The number of nitrogens with zero attached hydrogens (tertiary/aromatic N) is 4. The smallest absolute Gasteiger partial charge is 0.272 e. The van der Waals surface area contributed by atoms with E-state index in [1.54, 1.807) is 24.4 Å². The number of para-hydroxylation sites is 2. The molecule has 0 unspecified atom stereocenters. The number of amides is 1. The Kier molecular flexibility index (Phi) is 5.39. The van der Waals surface area contributed by atoms with Crippen LogP contribution in [0.15, 0.2) is 72.9 Å². The van der Waals surface area contributed by atoms with Gasteiger partial charge in [0.15, 0.2) is 0 Å². The van der Waals surface area contributed by atoms with Gasteiger partial charge in [0, 0.05) is 43.8 Å². The number of rotatable bonds is 4. The van der Waals surface area contributed by atoms with Gasteiger partial charge in [-0.15, -0.1) is 0 Å². The third-order valence-corrected chi connectivity index (χ3v) is 4.99. The number of hydrogen-bond acceptors (Lipinski definition) is 5. The summed E-state index contributed by atoms with van der Waals surface area (Å²) in [6, 6.07) is 23.2. The van der Waals surface area contributed by atoms with E-state index in [4.69, 9.17) is 0 Å². The van der Waals surface area contributed by atoms with Crippen molar-refractivity contribution in [2.24, 2.45) is 0 Å². The number of hydrogen-bond donors (Lipinski definition) is 1. The third-order valence-electron chi connectivity index (χ3n) is 4.99. The Bertz CT molecular complexity index is 1040. The largest absolute Gasteiger partial charge is 0.368 e. The molecule has 0 spiro atoms. The van der Waals surface area contributed by atoms with Crippen LogP contribution in [0.1, 0.15) is 16.1 Å². The first-order valence-corrected chi connectivity index (χ1v) is 9.56. The molecule has 0 atom stereocenters. The van der Waals surface area contributed by atoms with Crippen molar-refractivity contribution < 1.29 is 4.79 Å². The summed E-state index contributed by atoms with van der Waals surface area (Å²) in [4.78, 5) is 21.3. The Hall–Kier alpha value is -3.85. The van der Waals surface area contributed by atoms with Crippen LogP contribution in [0.3, 0.4) is 0 Å². The first-order chi connectivity index (χ1) is 14.2. The van der Waals surface area contributed by atoms with Gasteiger partial charge < -0.3 is 15.1 Å². The predicted molar refractivity (Wildman–Crippen MR) is 113 cm³/mol. The molecule has 0 aliphatic carbocycles. The van der Waals surface area contributed by atoms with Gasteiger partial charge >= 0.3 is 0 Å². The number of aromatic nitrogens is 1. The second-order valence-electron chi connectivity index (χ2n) is 6.83. The molecule has 29 heavy (non-hydrogen) atoms. The van der Waals surface area contributed by atoms with Crippen molar-refractivity contribution >= 4 is 23.0 Å². The Labute approximate surface area is 170 Å². The van der Waals surface area contributed by atoms with Gasteiger partial charge in [0.25, 0.3) is 5.91 Å². The van der Waals surface area contributed by atoms with Crippen molar-refractivity contribution in [2.75, 3.05) is 36.4 Å². The molecule has 1 saturated heterocycles. The molecule has 1 N–H and O–H groups in total. The quantitative estimate of drug-likeness (QED) is 0.744. The molecule has 144 valence electrons. The molecule has 1 amide bonds. The lowest BCUT2D eigenvalue weighted by Crippen LogP contribution is -2.49. The number of nitrogens with one attached hydrogen (secondary N) is 1. The van der Waals surface area contributed by atoms with Gasteiger partial charge in [-0.3, -0.25) is 9.78 Å². The lowest BCUT2D eigenvalue weighted by atomic mass is 10.2. The molecule has 1 aliphatic rings. The van der Waals surface area contributed by atoms with Crippen LogP contribution in [0.5, 0.6) is 0 Å². The molecule has 6 nitrogen and oxygen atoms in total. The molecule has 1 aliphatic heterocycles. The van der Waals surface area contributed by atoms with Crippen LogP contribution >= 0.6 is 0 Å². The molecule has 0 saturated carbocycles. The number of pyridine rings is 1. The van der Waals surface area contributed by atoms with E-state index in [-0.39, 0.29) is 5.91 Å². The topological polar surface area (TPSA) is 72.3 Å². The van der Waals surface area contributed by atoms with Crippen molar-refractivity contribution in [3.05, 3.63) is 84.2 Å². The Morgan fingerprint density at radius 2 is 1.69 bits per heavy atom. The zero-order valence-electron chi connectivity index (χ0n) is 16.0. The van der Waals surface area contributed by atoms with Crippen LogP contribution < -0.4 is 10.2 Å². The lowest BCUT2D eigenvalue weighted by Gasteiger charge is -2.36. The number of benzene rings is 2. The van der Waals surface area contributed by atoms with Gasteiger partial charge in [0.05, 0.1) is 11.3 Å². The minimum atomic E-state index is -0.0741. The minimum Gasteiger partial charge on any atom is -0.368 e. The molecule has 1 aromatic heterocycles. The lowest BCUT2D eigenvalue weighted by molar-refractivity contribution is 0.0741. The third kappa shape index (κ3) is 4.19. The number of piperazine rings is 1. The van der Waals surface area contributed by atoms with E-state index >= 15 is 0 Å². The van der Waals surface area contributed by atoms with Crippen molar-refractivity contribution in [1.82, 2.24) is 9.88 Å². The average molecular weight is 383 g/mol. The maximum absolute atomic E-state index is 12.9. The first-order valence-electron chi connectivity index (χ1n) is 9.56. The van der Waals surface area contributed by atoms with E-state index in [2.05, 4.69) is 33.4 Å². The monoisotopic (exact) mass is 383 g/mol. The molecule has 3 aromatic rings. The van der Waals surface area contributed by atoms with E-state index in [1.165, 1.54) is 5.69 Å². The molecule has 0 radical (unpaired) electrons. The first kappa shape index (κ1) is 18.5. The number of carbonyl (C=O) groups is 1. The molecule has 4 rings (SSSR count). The average Bonchev–Trinajstić information content (AvgIpc) is 2.80. The molecular weight excluding hydrogens is 362 g/mol. The van der Waals surface area contributed by atoms with Gasteiger partial charge in [-0.05, 0) is 36.4 Å². The van der Waals surface area contributed by atoms with E-state index in [1.807, 2.05) is 41.3 Å². The fraction of sp³-hybridized carbons (Fsp3) is 0.174. The fourth-order valence-corrected chi connectivity index (χ4v) is 3.44. The predicted octanol–water partition coefficient (Wildman–Crippen LogP) is 3.66. The molecule has 6 heteroatoms. The molecule has 2 heterocycles. The number of nitriles is 1. The van der Waals surface area contributed by atoms with Crippen molar-refractivity contribution in [2.45, 2.75) is 0 Å². The van der Waals surface area contributed by atoms with Gasteiger partial charge in [-0.2, -0.15) is 5.26 Å². The van der Waals surface area contributed by atoms with E-state index in [0.717, 1.165) is 18.8 Å². The van der Waals surface area contributed by atoms with Gasteiger partial charge in [-0.25, -0.2) is 0 Å². The summed E-state index contributed by atoms with van der Waals surface area (Å²) in [6.45, 7) is 2.90. The van der Waals surface area contributed by atoms with E-state index in [0.29, 0.717) is 30.0 Å². The van der Waals surface area contributed by atoms with Crippen molar-refractivity contribution in [3.8, 4) is 6.07 Å². The summed E-state index contributed by atoms with van der Waals surface area (Å²) < 4.78 is 0. The Morgan fingerprint density at radius 1 is 0.966 bits per heavy atom. The van der Waals surface area contributed by atoms with Crippen LogP contribution in [0.25, 0.3) is 0 Å². The van der Waals surface area contributed by atoms with Crippen molar-refractivity contribution in [3.63, 3.8) is 0 Å². The normalized spacial score (nSPS) is 13.6. The summed E-state index contributed by atoms with van der Waals surface area (Å²) >= 11 is 0.